The third-order valence-corrected chi connectivity index (χ3v) is 8.35. The zero-order chi connectivity index (χ0) is 35.1. The maximum absolute atomic E-state index is 13.8. The highest BCUT2D eigenvalue weighted by Gasteiger charge is 2.49. The van der Waals surface area contributed by atoms with E-state index < -0.39 is 60.6 Å². The Bertz CT molecular complexity index is 1740. The summed E-state index contributed by atoms with van der Waals surface area (Å²) in [6, 6.07) is 19.6. The minimum atomic E-state index is -1.81. The van der Waals surface area contributed by atoms with Crippen LogP contribution < -0.4 is 4.90 Å². The van der Waals surface area contributed by atoms with Gasteiger partial charge in [-0.2, -0.15) is 5.10 Å². The predicted octanol–water partition coefficient (Wildman–Crippen LogP) is 4.57. The highest BCUT2D eigenvalue weighted by atomic mass is 19.1. The minimum absolute atomic E-state index is 0.125. The molecular weight excluding hydrogens is 635 g/mol. The van der Waals surface area contributed by atoms with Crippen LogP contribution in [0.25, 0.3) is 0 Å². The number of ether oxygens (including phenoxy) is 3. The van der Waals surface area contributed by atoms with E-state index in [9.17, 15) is 28.7 Å². The van der Waals surface area contributed by atoms with Gasteiger partial charge in [-0.05, 0) is 59.4 Å². The van der Waals surface area contributed by atoms with Gasteiger partial charge >= 0.3 is 17.9 Å². The number of rotatable bonds is 14. The molecule has 1 aliphatic heterocycles. The van der Waals surface area contributed by atoms with E-state index in [1.807, 2.05) is 24.3 Å². The fraction of sp³-hybridized carbons (Fsp3) is 0.333. The molecule has 2 heterocycles. The standard InChI is InChI=1S/C36H37FN4O8/c1-23(42)47-19-36(46,20-48-24(2)43)29-10-6-28(7-11-29)34-32(16-17-33(49-25(3)44)27-8-12-30(37)13-9-27)35(45)41(34)31-14-4-26(5-15-31)18-40-22-38-21-39-40/h4-15,21-22,32-34,46H,16-20H2,1-3H3/t32-,33+,34-/m1/s1. The second kappa shape index (κ2) is 15.2. The number of halogens is 1. The van der Waals surface area contributed by atoms with Crippen molar-refractivity contribution < 1.29 is 42.9 Å². The number of aliphatic hydroxyl groups is 1. The largest absolute Gasteiger partial charge is 0.462 e. The van der Waals surface area contributed by atoms with E-state index in [4.69, 9.17) is 14.2 Å². The van der Waals surface area contributed by atoms with Crippen molar-refractivity contribution in [3.63, 3.8) is 0 Å². The molecule has 4 aromatic rings. The van der Waals surface area contributed by atoms with Gasteiger partial charge in [0, 0.05) is 26.5 Å². The number of carbonyl (C=O) groups excluding carboxylic acids is 4. The van der Waals surface area contributed by atoms with Gasteiger partial charge in [-0.1, -0.05) is 48.5 Å². The van der Waals surface area contributed by atoms with Crippen molar-refractivity contribution in [2.45, 2.75) is 57.9 Å². The molecule has 0 spiro atoms. The lowest BCUT2D eigenvalue weighted by atomic mass is 9.77. The molecule has 0 unspecified atom stereocenters. The first kappa shape index (κ1) is 34.9. The van der Waals surface area contributed by atoms with Crippen molar-refractivity contribution in [2.75, 3.05) is 18.1 Å². The molecule has 0 bridgehead atoms. The number of nitrogens with zero attached hydrogens (tertiary/aromatic N) is 4. The van der Waals surface area contributed by atoms with Crippen molar-refractivity contribution in [3.8, 4) is 0 Å². The van der Waals surface area contributed by atoms with E-state index >= 15 is 0 Å². The summed E-state index contributed by atoms with van der Waals surface area (Å²) < 4.78 is 31.1. The van der Waals surface area contributed by atoms with Crippen LogP contribution in [0.2, 0.25) is 0 Å². The summed E-state index contributed by atoms with van der Waals surface area (Å²) in [5.74, 6) is -2.75. The Labute approximate surface area is 282 Å². The van der Waals surface area contributed by atoms with Gasteiger partial charge in [-0.15, -0.1) is 0 Å². The number of aromatic nitrogens is 3. The second-order valence-electron chi connectivity index (χ2n) is 12.0. The Morgan fingerprint density at radius 3 is 2.08 bits per heavy atom. The van der Waals surface area contributed by atoms with Crippen molar-refractivity contribution in [1.82, 2.24) is 14.8 Å². The van der Waals surface area contributed by atoms with Gasteiger partial charge in [0.2, 0.25) is 5.91 Å². The number of hydrogen-bond donors (Lipinski definition) is 1. The summed E-state index contributed by atoms with van der Waals surface area (Å²) in [5, 5.41) is 15.5. The molecular formula is C36H37FN4O8. The maximum Gasteiger partial charge on any atom is 0.303 e. The summed E-state index contributed by atoms with van der Waals surface area (Å²) >= 11 is 0. The van der Waals surface area contributed by atoms with E-state index in [1.165, 1.54) is 39.2 Å². The lowest BCUT2D eigenvalue weighted by molar-refractivity contribution is -0.161. The first-order valence-corrected chi connectivity index (χ1v) is 15.7. The number of benzene rings is 3. The summed E-state index contributed by atoms with van der Waals surface area (Å²) in [4.78, 5) is 54.5. The molecule has 5 rings (SSSR count). The highest BCUT2D eigenvalue weighted by Crippen LogP contribution is 2.47. The normalized spacial score (nSPS) is 16.4. The van der Waals surface area contributed by atoms with E-state index in [2.05, 4.69) is 10.1 Å². The van der Waals surface area contributed by atoms with Crippen molar-refractivity contribution in [3.05, 3.63) is 114 Å². The predicted molar refractivity (Wildman–Crippen MR) is 173 cm³/mol. The van der Waals surface area contributed by atoms with E-state index in [0.29, 0.717) is 36.2 Å². The molecule has 13 heteroatoms. The lowest BCUT2D eigenvalue weighted by Crippen LogP contribution is -2.55. The van der Waals surface area contributed by atoms with Gasteiger partial charge in [0.05, 0.1) is 18.5 Å². The van der Waals surface area contributed by atoms with Crippen molar-refractivity contribution >= 4 is 29.5 Å². The van der Waals surface area contributed by atoms with Crippen LogP contribution in [-0.4, -0.2) is 56.9 Å². The third-order valence-electron chi connectivity index (χ3n) is 8.35. The molecule has 49 heavy (non-hydrogen) atoms. The minimum Gasteiger partial charge on any atom is -0.462 e. The third kappa shape index (κ3) is 8.54. The van der Waals surface area contributed by atoms with Gasteiger partial charge in [0.15, 0.2) is 5.60 Å². The summed E-state index contributed by atoms with van der Waals surface area (Å²) in [6.07, 6.45) is 3.05. The molecule has 1 aliphatic rings. The number of hydrogen-bond acceptors (Lipinski definition) is 10. The van der Waals surface area contributed by atoms with Gasteiger partial charge < -0.3 is 24.2 Å². The Morgan fingerprint density at radius 1 is 0.898 bits per heavy atom. The van der Waals surface area contributed by atoms with Gasteiger partial charge in [0.1, 0.15) is 37.8 Å². The molecule has 1 N–H and O–H groups in total. The van der Waals surface area contributed by atoms with Crippen LogP contribution >= 0.6 is 0 Å². The van der Waals surface area contributed by atoms with Gasteiger partial charge in [-0.25, -0.2) is 14.1 Å². The van der Waals surface area contributed by atoms with Crippen molar-refractivity contribution in [2.24, 2.45) is 5.92 Å². The molecule has 256 valence electrons. The van der Waals surface area contributed by atoms with Crippen molar-refractivity contribution in [1.29, 1.82) is 0 Å². The SMILES string of the molecule is CC(=O)OCC(O)(COC(C)=O)c1ccc([C@@H]2[C@@H](CC[C@H](OC(C)=O)c3ccc(F)cc3)C(=O)N2c2ccc(Cn3cncn3)cc2)cc1. The van der Waals surface area contributed by atoms with Crippen LogP contribution in [0.5, 0.6) is 0 Å². The average molecular weight is 673 g/mol. The number of anilines is 1. The number of amides is 1. The molecule has 1 amide bonds. The van der Waals surface area contributed by atoms with E-state index in [-0.39, 0.29) is 5.91 Å². The average Bonchev–Trinajstić information content (AvgIpc) is 3.59. The summed E-state index contributed by atoms with van der Waals surface area (Å²) in [5.41, 5.74) is 1.54. The molecule has 1 saturated heterocycles. The molecule has 12 nitrogen and oxygen atoms in total. The molecule has 0 aliphatic carbocycles. The number of β-lactam (4-membered cyclic amide) rings is 1. The zero-order valence-corrected chi connectivity index (χ0v) is 27.3. The Balaban J connectivity index is 1.43. The zero-order valence-electron chi connectivity index (χ0n) is 27.3. The number of carbonyl (C=O) groups is 4. The smallest absolute Gasteiger partial charge is 0.303 e. The van der Waals surface area contributed by atoms with E-state index in [1.54, 1.807) is 52.3 Å². The Morgan fingerprint density at radius 2 is 1.53 bits per heavy atom. The summed E-state index contributed by atoms with van der Waals surface area (Å²) in [7, 11) is 0. The Kier molecular flexibility index (Phi) is 10.8. The maximum atomic E-state index is 13.8. The van der Waals surface area contributed by atoms with Crippen LogP contribution in [0.15, 0.2) is 85.5 Å². The van der Waals surface area contributed by atoms with Gasteiger partial charge in [-0.3, -0.25) is 19.2 Å². The van der Waals surface area contributed by atoms with Crippen LogP contribution in [0.3, 0.4) is 0 Å². The van der Waals surface area contributed by atoms with Crippen LogP contribution in [0.1, 0.15) is 68.0 Å². The summed E-state index contributed by atoms with van der Waals surface area (Å²) in [6.45, 7) is 3.35. The van der Waals surface area contributed by atoms with Gasteiger partial charge in [0.25, 0.3) is 0 Å². The van der Waals surface area contributed by atoms with Crippen LogP contribution in [-0.2, 0) is 45.5 Å². The lowest BCUT2D eigenvalue weighted by Gasteiger charge is -2.48. The monoisotopic (exact) mass is 672 g/mol. The molecule has 1 aromatic heterocycles. The fourth-order valence-corrected chi connectivity index (χ4v) is 5.91. The molecule has 0 saturated carbocycles. The van der Waals surface area contributed by atoms with E-state index in [0.717, 1.165) is 11.1 Å². The molecule has 0 radical (unpaired) electrons. The first-order chi connectivity index (χ1) is 23.4. The first-order valence-electron chi connectivity index (χ1n) is 15.7. The number of esters is 3. The highest BCUT2D eigenvalue weighted by molar-refractivity contribution is 6.03. The molecule has 3 atom stereocenters. The van der Waals surface area contributed by atoms with Crippen LogP contribution in [0.4, 0.5) is 10.1 Å². The second-order valence-corrected chi connectivity index (χ2v) is 12.0. The quantitative estimate of drug-likeness (QED) is 0.115. The molecule has 3 aromatic carbocycles. The topological polar surface area (TPSA) is 150 Å². The molecule has 1 fully saturated rings. The Hall–Kier alpha value is -5.43. The van der Waals surface area contributed by atoms with Crippen LogP contribution in [0, 0.1) is 11.7 Å². The fourth-order valence-electron chi connectivity index (χ4n) is 5.91.